The van der Waals surface area contributed by atoms with Crippen molar-refractivity contribution in [2.75, 3.05) is 6.54 Å². The molecule has 1 saturated carbocycles. The van der Waals surface area contributed by atoms with Crippen molar-refractivity contribution in [1.29, 1.82) is 0 Å². The van der Waals surface area contributed by atoms with Crippen LogP contribution in [0.2, 0.25) is 0 Å². The van der Waals surface area contributed by atoms with E-state index in [-0.39, 0.29) is 0 Å². The molecule has 2 saturated heterocycles. The molecule has 17 heavy (non-hydrogen) atoms. The summed E-state index contributed by atoms with van der Waals surface area (Å²) in [4.78, 5) is 2.95. The molecule has 3 atom stereocenters. The Labute approximate surface area is 107 Å². The van der Waals surface area contributed by atoms with Crippen LogP contribution in [-0.2, 0) is 0 Å². The van der Waals surface area contributed by atoms with Crippen molar-refractivity contribution in [1.82, 2.24) is 4.90 Å². The van der Waals surface area contributed by atoms with Gasteiger partial charge in [-0.3, -0.25) is 4.90 Å². The minimum Gasteiger partial charge on any atom is -0.297 e. The number of fused-ring (bicyclic) bond motifs is 1. The summed E-state index contributed by atoms with van der Waals surface area (Å²) >= 11 is 0. The zero-order chi connectivity index (χ0) is 11.7. The predicted octanol–water partition coefficient (Wildman–Crippen LogP) is 4.22. The molecule has 2 aliphatic heterocycles. The van der Waals surface area contributed by atoms with Crippen LogP contribution >= 0.6 is 0 Å². The van der Waals surface area contributed by atoms with E-state index >= 15 is 0 Å². The van der Waals surface area contributed by atoms with Crippen molar-refractivity contribution in [3.05, 3.63) is 0 Å². The van der Waals surface area contributed by atoms with Gasteiger partial charge in [0.25, 0.3) is 0 Å². The van der Waals surface area contributed by atoms with Gasteiger partial charge in [0, 0.05) is 12.1 Å². The maximum Gasteiger partial charge on any atom is 0.0127 e. The molecule has 0 aromatic heterocycles. The molecular formula is C16H29N. The normalized spacial score (nSPS) is 41.1. The molecule has 0 spiro atoms. The van der Waals surface area contributed by atoms with Crippen molar-refractivity contribution < 1.29 is 0 Å². The van der Waals surface area contributed by atoms with Gasteiger partial charge < -0.3 is 0 Å². The molecule has 1 aliphatic carbocycles. The Morgan fingerprint density at radius 1 is 0.706 bits per heavy atom. The summed E-state index contributed by atoms with van der Waals surface area (Å²) < 4.78 is 0. The summed E-state index contributed by atoms with van der Waals surface area (Å²) in [6.45, 7) is 3.91. The van der Waals surface area contributed by atoms with Crippen LogP contribution in [0.4, 0.5) is 0 Å². The van der Waals surface area contributed by atoms with Gasteiger partial charge in [-0.05, 0) is 56.9 Å². The monoisotopic (exact) mass is 235 g/mol. The standard InChI is InChI=1S/C16H29N/c1-13-10-11-16(14-7-3-2-4-8-14)17-12-6-5-9-15(13)17/h13-16H,2-12H2,1H3/t13?,15-,16-/m0/s1. The fourth-order valence-corrected chi connectivity index (χ4v) is 4.82. The molecule has 3 rings (SSSR count). The maximum atomic E-state index is 2.95. The molecule has 3 aliphatic rings. The highest BCUT2D eigenvalue weighted by atomic mass is 15.2. The topological polar surface area (TPSA) is 3.24 Å². The molecule has 0 N–H and O–H groups in total. The molecular weight excluding hydrogens is 206 g/mol. The Balaban J connectivity index is 1.70. The molecule has 0 aromatic carbocycles. The third-order valence-corrected chi connectivity index (χ3v) is 5.79. The van der Waals surface area contributed by atoms with Crippen molar-refractivity contribution in [2.45, 2.75) is 83.2 Å². The summed E-state index contributed by atoms with van der Waals surface area (Å²) in [5.41, 5.74) is 0. The molecule has 2 heterocycles. The van der Waals surface area contributed by atoms with Gasteiger partial charge in [0.05, 0.1) is 0 Å². The number of nitrogens with zero attached hydrogens (tertiary/aromatic N) is 1. The van der Waals surface area contributed by atoms with E-state index < -0.39 is 0 Å². The lowest BCUT2D eigenvalue weighted by molar-refractivity contribution is -0.0152. The summed E-state index contributed by atoms with van der Waals surface area (Å²) in [5, 5.41) is 0. The van der Waals surface area contributed by atoms with Crippen molar-refractivity contribution in [2.24, 2.45) is 11.8 Å². The van der Waals surface area contributed by atoms with E-state index in [4.69, 9.17) is 0 Å². The fourth-order valence-electron chi connectivity index (χ4n) is 4.82. The highest BCUT2D eigenvalue weighted by Crippen LogP contribution is 2.40. The second-order valence-corrected chi connectivity index (χ2v) is 6.82. The van der Waals surface area contributed by atoms with E-state index in [2.05, 4.69) is 11.8 Å². The summed E-state index contributed by atoms with van der Waals surface area (Å²) in [6.07, 6.45) is 15.0. The quantitative estimate of drug-likeness (QED) is 0.658. The third-order valence-electron chi connectivity index (χ3n) is 5.79. The largest absolute Gasteiger partial charge is 0.297 e. The second-order valence-electron chi connectivity index (χ2n) is 6.82. The highest BCUT2D eigenvalue weighted by molar-refractivity contribution is 4.94. The van der Waals surface area contributed by atoms with Crippen molar-refractivity contribution >= 4 is 0 Å². The average molecular weight is 235 g/mol. The summed E-state index contributed by atoms with van der Waals surface area (Å²) in [7, 11) is 0. The fraction of sp³-hybridized carbons (Fsp3) is 1.00. The average Bonchev–Trinajstić information content (AvgIpc) is 2.41. The van der Waals surface area contributed by atoms with Gasteiger partial charge >= 0.3 is 0 Å². The van der Waals surface area contributed by atoms with Crippen LogP contribution in [0, 0.1) is 11.8 Å². The number of hydrogen-bond acceptors (Lipinski definition) is 1. The van der Waals surface area contributed by atoms with E-state index in [1.54, 1.807) is 0 Å². The molecule has 1 nitrogen and oxygen atoms in total. The summed E-state index contributed by atoms with van der Waals surface area (Å²) in [5.74, 6) is 2.02. The van der Waals surface area contributed by atoms with Crippen molar-refractivity contribution in [3.63, 3.8) is 0 Å². The SMILES string of the molecule is CC1CC[C@@H](C2CCCCC2)N2CCCC[C@@H]12. The molecule has 3 fully saturated rings. The lowest BCUT2D eigenvalue weighted by atomic mass is 9.74. The zero-order valence-electron chi connectivity index (χ0n) is 11.5. The summed E-state index contributed by atoms with van der Waals surface area (Å²) in [6, 6.07) is 1.92. The Morgan fingerprint density at radius 2 is 1.47 bits per heavy atom. The number of rotatable bonds is 1. The Kier molecular flexibility index (Phi) is 3.75. The molecule has 0 bridgehead atoms. The Bertz CT molecular complexity index is 244. The smallest absolute Gasteiger partial charge is 0.0127 e. The first kappa shape index (κ1) is 12.0. The first-order valence-corrected chi connectivity index (χ1v) is 8.12. The van der Waals surface area contributed by atoms with E-state index in [9.17, 15) is 0 Å². The van der Waals surface area contributed by atoms with Gasteiger partial charge in [0.1, 0.15) is 0 Å². The van der Waals surface area contributed by atoms with Crippen LogP contribution < -0.4 is 0 Å². The van der Waals surface area contributed by atoms with Crippen LogP contribution in [-0.4, -0.2) is 23.5 Å². The van der Waals surface area contributed by atoms with Gasteiger partial charge in [0.15, 0.2) is 0 Å². The molecule has 0 radical (unpaired) electrons. The number of hydrogen-bond donors (Lipinski definition) is 0. The second kappa shape index (κ2) is 5.30. The molecule has 98 valence electrons. The van der Waals surface area contributed by atoms with Crippen molar-refractivity contribution in [3.8, 4) is 0 Å². The van der Waals surface area contributed by atoms with E-state index in [0.29, 0.717) is 0 Å². The van der Waals surface area contributed by atoms with Crippen LogP contribution in [0.5, 0.6) is 0 Å². The lowest BCUT2D eigenvalue weighted by Crippen LogP contribution is -2.55. The minimum atomic E-state index is 0.949. The third kappa shape index (κ3) is 2.41. The molecule has 1 heteroatoms. The van der Waals surface area contributed by atoms with Crippen LogP contribution in [0.3, 0.4) is 0 Å². The van der Waals surface area contributed by atoms with Crippen LogP contribution in [0.25, 0.3) is 0 Å². The minimum absolute atomic E-state index is 0.949. The van der Waals surface area contributed by atoms with Crippen LogP contribution in [0.15, 0.2) is 0 Å². The van der Waals surface area contributed by atoms with E-state index in [1.165, 1.54) is 70.8 Å². The van der Waals surface area contributed by atoms with Gasteiger partial charge in [-0.2, -0.15) is 0 Å². The predicted molar refractivity (Wildman–Crippen MR) is 73.1 cm³/mol. The van der Waals surface area contributed by atoms with Crippen LogP contribution in [0.1, 0.15) is 71.1 Å². The Morgan fingerprint density at radius 3 is 2.29 bits per heavy atom. The van der Waals surface area contributed by atoms with Gasteiger partial charge in [-0.15, -0.1) is 0 Å². The Hall–Kier alpha value is -0.0400. The number of piperidine rings is 2. The maximum absolute atomic E-state index is 2.95. The van der Waals surface area contributed by atoms with Gasteiger partial charge in [-0.25, -0.2) is 0 Å². The van der Waals surface area contributed by atoms with Gasteiger partial charge in [0.2, 0.25) is 0 Å². The molecule has 0 amide bonds. The first-order chi connectivity index (χ1) is 8.36. The highest BCUT2D eigenvalue weighted by Gasteiger charge is 2.39. The van der Waals surface area contributed by atoms with Gasteiger partial charge in [-0.1, -0.05) is 32.6 Å². The zero-order valence-corrected chi connectivity index (χ0v) is 11.5. The molecule has 1 unspecified atom stereocenters. The molecule has 0 aromatic rings. The lowest BCUT2D eigenvalue weighted by Gasteiger charge is -2.51. The first-order valence-electron chi connectivity index (χ1n) is 8.12. The van der Waals surface area contributed by atoms with E-state index in [1.807, 2.05) is 0 Å². The van der Waals surface area contributed by atoms with E-state index in [0.717, 1.165) is 23.9 Å².